The topological polar surface area (TPSA) is 82.9 Å². The number of carbonyl (C=O) groups is 2. The van der Waals surface area contributed by atoms with Crippen LogP contribution in [-0.2, 0) is 9.59 Å². The largest absolute Gasteiger partial charge is 0.272 e. The predicted molar refractivity (Wildman–Crippen MR) is 49.5 cm³/mol. The first-order valence-electron chi connectivity index (χ1n) is 4.29. The van der Waals surface area contributed by atoms with E-state index in [1.165, 1.54) is 0 Å². The molecule has 2 heterocycles. The Labute approximate surface area is 80.4 Å². The number of hydrazone groups is 2. The lowest BCUT2D eigenvalue weighted by molar-refractivity contribution is -0.129. The van der Waals surface area contributed by atoms with E-state index in [2.05, 4.69) is 21.1 Å². The first-order chi connectivity index (χ1) is 6.61. The highest BCUT2D eigenvalue weighted by Crippen LogP contribution is 2.22. The Morgan fingerprint density at radius 3 is 1.50 bits per heavy atom. The predicted octanol–water partition coefficient (Wildman–Crippen LogP) is -0.770. The Balaban J connectivity index is 2.31. The zero-order valence-corrected chi connectivity index (χ0v) is 7.87. The van der Waals surface area contributed by atoms with Crippen LogP contribution in [-0.4, -0.2) is 23.2 Å². The molecule has 0 fully saturated rings. The molecular formula is C8H10N4O2. The molecule has 0 aromatic carbocycles. The van der Waals surface area contributed by atoms with Crippen molar-refractivity contribution in [1.82, 2.24) is 10.9 Å². The average molecular weight is 194 g/mol. The third-order valence-corrected chi connectivity index (χ3v) is 2.48. The van der Waals surface area contributed by atoms with Gasteiger partial charge in [-0.05, 0) is 13.8 Å². The SMILES string of the molecule is CC1=NNC(=O)C1C1C(=O)NN=C1C. The van der Waals surface area contributed by atoms with Gasteiger partial charge in [0, 0.05) is 11.4 Å². The minimum atomic E-state index is -0.499. The summed E-state index contributed by atoms with van der Waals surface area (Å²) in [5, 5.41) is 7.59. The van der Waals surface area contributed by atoms with Gasteiger partial charge in [-0.15, -0.1) is 0 Å². The van der Waals surface area contributed by atoms with Crippen molar-refractivity contribution in [2.45, 2.75) is 13.8 Å². The van der Waals surface area contributed by atoms with Crippen molar-refractivity contribution in [2.24, 2.45) is 22.0 Å². The average Bonchev–Trinajstić information content (AvgIpc) is 2.60. The van der Waals surface area contributed by atoms with Gasteiger partial charge in [0.25, 0.3) is 0 Å². The molecule has 2 aliphatic rings. The van der Waals surface area contributed by atoms with E-state index in [0.29, 0.717) is 11.4 Å². The summed E-state index contributed by atoms with van der Waals surface area (Å²) in [6, 6.07) is 0. The maximum Gasteiger partial charge on any atom is 0.250 e. The third kappa shape index (κ3) is 1.11. The lowest BCUT2D eigenvalue weighted by atomic mass is 9.85. The Bertz CT molecular complexity index is 336. The molecule has 14 heavy (non-hydrogen) atoms. The molecule has 0 saturated carbocycles. The van der Waals surface area contributed by atoms with Crippen molar-refractivity contribution in [3.63, 3.8) is 0 Å². The van der Waals surface area contributed by atoms with Gasteiger partial charge in [-0.25, -0.2) is 10.9 Å². The Morgan fingerprint density at radius 1 is 0.929 bits per heavy atom. The summed E-state index contributed by atoms with van der Waals surface area (Å²) in [6.45, 7) is 3.45. The van der Waals surface area contributed by atoms with E-state index in [1.807, 2.05) is 0 Å². The molecule has 6 nitrogen and oxygen atoms in total. The smallest absolute Gasteiger partial charge is 0.250 e. The van der Waals surface area contributed by atoms with Crippen molar-refractivity contribution in [3.05, 3.63) is 0 Å². The monoisotopic (exact) mass is 194 g/mol. The molecule has 74 valence electrons. The minimum Gasteiger partial charge on any atom is -0.272 e. The van der Waals surface area contributed by atoms with Crippen LogP contribution in [0.2, 0.25) is 0 Å². The van der Waals surface area contributed by atoms with E-state index >= 15 is 0 Å². The normalized spacial score (nSPS) is 31.0. The van der Waals surface area contributed by atoms with Gasteiger partial charge in [0.1, 0.15) is 0 Å². The molecule has 0 radical (unpaired) electrons. The van der Waals surface area contributed by atoms with E-state index in [1.54, 1.807) is 13.8 Å². The maximum atomic E-state index is 11.4. The summed E-state index contributed by atoms with van der Waals surface area (Å²) < 4.78 is 0. The van der Waals surface area contributed by atoms with Gasteiger partial charge < -0.3 is 0 Å². The van der Waals surface area contributed by atoms with E-state index in [9.17, 15) is 9.59 Å². The summed E-state index contributed by atoms with van der Waals surface area (Å²) in [6.07, 6.45) is 0. The van der Waals surface area contributed by atoms with Gasteiger partial charge in [0.2, 0.25) is 11.8 Å². The zero-order valence-electron chi connectivity index (χ0n) is 7.87. The van der Waals surface area contributed by atoms with Gasteiger partial charge in [-0.3, -0.25) is 9.59 Å². The molecule has 2 unspecified atom stereocenters. The quantitative estimate of drug-likeness (QED) is 0.574. The highest BCUT2D eigenvalue weighted by atomic mass is 16.2. The molecule has 0 aliphatic carbocycles. The summed E-state index contributed by atoms with van der Waals surface area (Å²) in [4.78, 5) is 22.8. The molecule has 0 saturated heterocycles. The summed E-state index contributed by atoms with van der Waals surface area (Å²) in [5.74, 6) is -1.47. The number of hydrogen-bond acceptors (Lipinski definition) is 4. The second-order valence-electron chi connectivity index (χ2n) is 3.41. The molecule has 0 spiro atoms. The molecular weight excluding hydrogens is 184 g/mol. The molecule has 0 aromatic rings. The van der Waals surface area contributed by atoms with Gasteiger partial charge in [0.05, 0.1) is 11.8 Å². The van der Waals surface area contributed by atoms with Crippen LogP contribution in [0.5, 0.6) is 0 Å². The van der Waals surface area contributed by atoms with Crippen LogP contribution >= 0.6 is 0 Å². The third-order valence-electron chi connectivity index (χ3n) is 2.48. The lowest BCUT2D eigenvalue weighted by Crippen LogP contribution is -2.37. The molecule has 2 rings (SSSR count). The second kappa shape index (κ2) is 2.90. The number of nitrogens with one attached hydrogen (secondary N) is 2. The first kappa shape index (κ1) is 8.86. The van der Waals surface area contributed by atoms with Crippen LogP contribution in [0.3, 0.4) is 0 Å². The number of hydrogen-bond donors (Lipinski definition) is 2. The maximum absolute atomic E-state index is 11.4. The molecule has 6 heteroatoms. The van der Waals surface area contributed by atoms with Crippen LogP contribution in [0.15, 0.2) is 10.2 Å². The van der Waals surface area contributed by atoms with Crippen LogP contribution in [0.25, 0.3) is 0 Å². The number of nitrogens with zero attached hydrogens (tertiary/aromatic N) is 2. The van der Waals surface area contributed by atoms with Crippen molar-refractivity contribution in [1.29, 1.82) is 0 Å². The molecule has 0 aromatic heterocycles. The second-order valence-corrected chi connectivity index (χ2v) is 3.41. The number of amides is 2. The van der Waals surface area contributed by atoms with Crippen molar-refractivity contribution < 1.29 is 9.59 Å². The highest BCUT2D eigenvalue weighted by Gasteiger charge is 2.42. The van der Waals surface area contributed by atoms with Crippen LogP contribution < -0.4 is 10.9 Å². The van der Waals surface area contributed by atoms with Gasteiger partial charge in [-0.1, -0.05) is 0 Å². The molecule has 2 aliphatic heterocycles. The fraction of sp³-hybridized carbons (Fsp3) is 0.500. The fourth-order valence-electron chi connectivity index (χ4n) is 1.73. The molecule has 2 N–H and O–H groups in total. The summed E-state index contributed by atoms with van der Waals surface area (Å²) >= 11 is 0. The fourth-order valence-corrected chi connectivity index (χ4v) is 1.73. The lowest BCUT2D eigenvalue weighted by Gasteiger charge is -2.13. The van der Waals surface area contributed by atoms with Crippen molar-refractivity contribution in [3.8, 4) is 0 Å². The van der Waals surface area contributed by atoms with Crippen LogP contribution in [0.1, 0.15) is 13.8 Å². The van der Waals surface area contributed by atoms with E-state index in [4.69, 9.17) is 0 Å². The highest BCUT2D eigenvalue weighted by molar-refractivity contribution is 6.18. The molecule has 2 amide bonds. The van der Waals surface area contributed by atoms with E-state index < -0.39 is 11.8 Å². The van der Waals surface area contributed by atoms with E-state index in [0.717, 1.165) is 0 Å². The number of carbonyl (C=O) groups excluding carboxylic acids is 2. The van der Waals surface area contributed by atoms with Crippen molar-refractivity contribution >= 4 is 23.2 Å². The van der Waals surface area contributed by atoms with Crippen LogP contribution in [0, 0.1) is 11.8 Å². The van der Waals surface area contributed by atoms with Gasteiger partial charge in [0.15, 0.2) is 0 Å². The standard InChI is InChI=1S/C8H10N4O2/c1-3-5(7(13)11-9-3)6-4(2)10-12-8(6)14/h5-6H,1-2H3,(H,11,13)(H,12,14). The summed E-state index contributed by atoms with van der Waals surface area (Å²) in [5.41, 5.74) is 5.96. The Hall–Kier alpha value is -1.72. The van der Waals surface area contributed by atoms with Crippen molar-refractivity contribution in [2.75, 3.05) is 0 Å². The minimum absolute atomic E-state index is 0.237. The molecule has 2 atom stereocenters. The van der Waals surface area contributed by atoms with Gasteiger partial charge in [-0.2, -0.15) is 10.2 Å². The Morgan fingerprint density at radius 2 is 1.29 bits per heavy atom. The van der Waals surface area contributed by atoms with Crippen LogP contribution in [0.4, 0.5) is 0 Å². The van der Waals surface area contributed by atoms with Gasteiger partial charge >= 0.3 is 0 Å². The molecule has 0 bridgehead atoms. The Kier molecular flexibility index (Phi) is 1.83. The number of rotatable bonds is 1. The first-order valence-corrected chi connectivity index (χ1v) is 4.29. The summed E-state index contributed by atoms with van der Waals surface area (Å²) in [7, 11) is 0. The van der Waals surface area contributed by atoms with E-state index in [-0.39, 0.29) is 11.8 Å². The zero-order chi connectivity index (χ0) is 10.3.